The zero-order valence-corrected chi connectivity index (χ0v) is 11.2. The molecular formula is C14H14FN3O2. The lowest BCUT2D eigenvalue weighted by Crippen LogP contribution is -2.22. The molecule has 0 saturated carbocycles. The van der Waals surface area contributed by atoms with Crippen LogP contribution in [-0.4, -0.2) is 22.5 Å². The van der Waals surface area contributed by atoms with Gasteiger partial charge in [-0.1, -0.05) is 12.1 Å². The van der Waals surface area contributed by atoms with Crippen molar-refractivity contribution in [3.8, 4) is 5.75 Å². The molecule has 2 rings (SSSR count). The highest BCUT2D eigenvalue weighted by Crippen LogP contribution is 2.15. The second-order valence-electron chi connectivity index (χ2n) is 4.24. The maximum atomic E-state index is 13.3. The van der Waals surface area contributed by atoms with Crippen LogP contribution in [0.3, 0.4) is 0 Å². The van der Waals surface area contributed by atoms with Crippen molar-refractivity contribution >= 4 is 11.9 Å². The maximum Gasteiger partial charge on any atom is 0.264 e. The summed E-state index contributed by atoms with van der Waals surface area (Å²) in [6.07, 6.45) is 0. The highest BCUT2D eigenvalue weighted by molar-refractivity contribution is 5.90. The number of rotatable bonds is 4. The van der Waals surface area contributed by atoms with E-state index in [9.17, 15) is 9.18 Å². The van der Waals surface area contributed by atoms with E-state index >= 15 is 0 Å². The molecule has 0 spiro atoms. The van der Waals surface area contributed by atoms with Gasteiger partial charge in [-0.25, -0.2) is 14.4 Å². The van der Waals surface area contributed by atoms with Gasteiger partial charge < -0.3 is 4.74 Å². The van der Waals surface area contributed by atoms with Crippen molar-refractivity contribution in [2.45, 2.75) is 13.8 Å². The van der Waals surface area contributed by atoms with Crippen molar-refractivity contribution < 1.29 is 13.9 Å². The normalized spacial score (nSPS) is 10.2. The molecule has 0 fully saturated rings. The van der Waals surface area contributed by atoms with Gasteiger partial charge in [-0.3, -0.25) is 10.1 Å². The van der Waals surface area contributed by atoms with Gasteiger partial charge in [-0.2, -0.15) is 0 Å². The van der Waals surface area contributed by atoms with E-state index in [4.69, 9.17) is 4.74 Å². The summed E-state index contributed by atoms with van der Waals surface area (Å²) in [4.78, 5) is 19.8. The van der Waals surface area contributed by atoms with Crippen molar-refractivity contribution in [2.75, 3.05) is 11.9 Å². The molecule has 2 aromatic rings. The predicted molar refractivity (Wildman–Crippen MR) is 72.0 cm³/mol. The number of para-hydroxylation sites is 1. The first-order valence-electron chi connectivity index (χ1n) is 6.04. The number of ether oxygens (including phenoxy) is 1. The lowest BCUT2D eigenvalue weighted by atomic mass is 10.3. The number of aryl methyl sites for hydroxylation is 2. The topological polar surface area (TPSA) is 64.1 Å². The Balaban J connectivity index is 1.94. The first kappa shape index (κ1) is 13.9. The number of hydrogen-bond donors (Lipinski definition) is 1. The molecule has 0 aliphatic carbocycles. The molecule has 1 aromatic heterocycles. The van der Waals surface area contributed by atoms with Gasteiger partial charge in [0.15, 0.2) is 18.2 Å². The Hall–Kier alpha value is -2.50. The quantitative estimate of drug-likeness (QED) is 0.929. The van der Waals surface area contributed by atoms with E-state index in [1.807, 2.05) is 0 Å². The van der Waals surface area contributed by atoms with E-state index in [1.54, 1.807) is 32.0 Å². The number of aromatic nitrogens is 2. The van der Waals surface area contributed by atoms with Crippen LogP contribution in [0.2, 0.25) is 0 Å². The van der Waals surface area contributed by atoms with Crippen molar-refractivity contribution in [1.82, 2.24) is 9.97 Å². The van der Waals surface area contributed by atoms with Gasteiger partial charge in [-0.05, 0) is 32.0 Å². The second-order valence-corrected chi connectivity index (χ2v) is 4.24. The third-order valence-corrected chi connectivity index (χ3v) is 2.43. The Morgan fingerprint density at radius 3 is 2.55 bits per heavy atom. The molecule has 0 bridgehead atoms. The summed E-state index contributed by atoms with van der Waals surface area (Å²) in [7, 11) is 0. The minimum absolute atomic E-state index is 0.0315. The summed E-state index contributed by atoms with van der Waals surface area (Å²) in [6.45, 7) is 3.30. The minimum atomic E-state index is -0.511. The largest absolute Gasteiger partial charge is 0.481 e. The van der Waals surface area contributed by atoms with E-state index in [0.717, 1.165) is 11.4 Å². The van der Waals surface area contributed by atoms with Gasteiger partial charge in [0.25, 0.3) is 5.91 Å². The Kier molecular flexibility index (Phi) is 4.24. The van der Waals surface area contributed by atoms with Crippen LogP contribution in [0.5, 0.6) is 5.75 Å². The van der Waals surface area contributed by atoms with Gasteiger partial charge in [0.2, 0.25) is 5.95 Å². The highest BCUT2D eigenvalue weighted by atomic mass is 19.1. The molecule has 0 aliphatic rings. The van der Waals surface area contributed by atoms with Crippen molar-refractivity contribution in [2.24, 2.45) is 0 Å². The van der Waals surface area contributed by atoms with E-state index in [0.29, 0.717) is 0 Å². The fourth-order valence-corrected chi connectivity index (χ4v) is 1.65. The van der Waals surface area contributed by atoms with Crippen LogP contribution in [0.25, 0.3) is 0 Å². The van der Waals surface area contributed by atoms with E-state index < -0.39 is 11.7 Å². The molecule has 104 valence electrons. The van der Waals surface area contributed by atoms with E-state index in [1.165, 1.54) is 12.1 Å². The fourth-order valence-electron chi connectivity index (χ4n) is 1.65. The van der Waals surface area contributed by atoms with Gasteiger partial charge in [0.1, 0.15) is 0 Å². The molecule has 0 atom stereocenters. The summed E-state index contributed by atoms with van der Waals surface area (Å²) in [5, 5.41) is 2.50. The number of anilines is 1. The van der Waals surface area contributed by atoms with Crippen molar-refractivity contribution in [3.05, 3.63) is 47.5 Å². The van der Waals surface area contributed by atoms with E-state index in [2.05, 4.69) is 15.3 Å². The minimum Gasteiger partial charge on any atom is -0.481 e. The second kappa shape index (κ2) is 6.10. The lowest BCUT2D eigenvalue weighted by molar-refractivity contribution is -0.118. The Labute approximate surface area is 115 Å². The first-order valence-corrected chi connectivity index (χ1v) is 6.04. The third kappa shape index (κ3) is 3.74. The summed E-state index contributed by atoms with van der Waals surface area (Å²) >= 11 is 0. The number of amides is 1. The zero-order chi connectivity index (χ0) is 14.5. The fraction of sp³-hybridized carbons (Fsp3) is 0.214. The number of nitrogens with zero attached hydrogens (tertiary/aromatic N) is 2. The Bertz CT molecular complexity index is 611. The molecule has 1 aromatic carbocycles. The number of benzene rings is 1. The highest BCUT2D eigenvalue weighted by Gasteiger charge is 2.08. The number of nitrogens with one attached hydrogen (secondary N) is 1. The van der Waals surface area contributed by atoms with Crippen molar-refractivity contribution in [3.63, 3.8) is 0 Å². The van der Waals surface area contributed by atoms with Crippen LogP contribution in [0.15, 0.2) is 30.3 Å². The Morgan fingerprint density at radius 1 is 1.25 bits per heavy atom. The van der Waals surface area contributed by atoms with Gasteiger partial charge in [0.05, 0.1) is 0 Å². The van der Waals surface area contributed by atoms with Gasteiger partial charge in [0, 0.05) is 11.4 Å². The average molecular weight is 275 g/mol. The molecule has 0 unspecified atom stereocenters. The lowest BCUT2D eigenvalue weighted by Gasteiger charge is -2.08. The molecular weight excluding hydrogens is 261 g/mol. The standard InChI is InChI=1S/C14H14FN3O2/c1-9-7-10(2)17-14(16-9)18-13(19)8-20-12-6-4-3-5-11(12)15/h3-7H,8H2,1-2H3,(H,16,17,18,19). The molecule has 20 heavy (non-hydrogen) atoms. The molecule has 0 aliphatic heterocycles. The summed E-state index contributed by atoms with van der Waals surface area (Å²) in [6, 6.07) is 7.69. The van der Waals surface area contributed by atoms with Crippen LogP contribution in [0.4, 0.5) is 10.3 Å². The van der Waals surface area contributed by atoms with Crippen LogP contribution in [-0.2, 0) is 4.79 Å². The van der Waals surface area contributed by atoms with Gasteiger partial charge in [-0.15, -0.1) is 0 Å². The molecule has 0 radical (unpaired) electrons. The van der Waals surface area contributed by atoms with Gasteiger partial charge >= 0.3 is 0 Å². The van der Waals surface area contributed by atoms with Crippen LogP contribution < -0.4 is 10.1 Å². The van der Waals surface area contributed by atoms with Crippen LogP contribution in [0.1, 0.15) is 11.4 Å². The van der Waals surface area contributed by atoms with Crippen LogP contribution in [0, 0.1) is 19.7 Å². The molecule has 1 N–H and O–H groups in total. The van der Waals surface area contributed by atoms with Crippen molar-refractivity contribution in [1.29, 1.82) is 0 Å². The zero-order valence-electron chi connectivity index (χ0n) is 11.2. The predicted octanol–water partition coefficient (Wildman–Crippen LogP) is 2.25. The smallest absolute Gasteiger partial charge is 0.264 e. The molecule has 1 amide bonds. The van der Waals surface area contributed by atoms with E-state index in [-0.39, 0.29) is 18.3 Å². The number of hydrogen-bond acceptors (Lipinski definition) is 4. The number of carbonyl (C=O) groups is 1. The summed E-state index contributed by atoms with van der Waals surface area (Å²) in [5.41, 5.74) is 1.51. The summed E-state index contributed by atoms with van der Waals surface area (Å²) in [5.74, 6) is -0.713. The monoisotopic (exact) mass is 275 g/mol. The first-order chi connectivity index (χ1) is 9.54. The molecule has 0 saturated heterocycles. The molecule has 6 heteroatoms. The molecule has 5 nitrogen and oxygen atoms in total. The molecule has 1 heterocycles. The third-order valence-electron chi connectivity index (χ3n) is 2.43. The maximum absolute atomic E-state index is 13.3. The summed E-state index contributed by atoms with van der Waals surface area (Å²) < 4.78 is 18.4. The SMILES string of the molecule is Cc1cc(C)nc(NC(=O)COc2ccccc2F)n1. The van der Waals surface area contributed by atoms with Crippen LogP contribution >= 0.6 is 0 Å². The number of carbonyl (C=O) groups excluding carboxylic acids is 1. The number of halogens is 1. The Morgan fingerprint density at radius 2 is 1.90 bits per heavy atom. The average Bonchev–Trinajstić information content (AvgIpc) is 2.36.